The van der Waals surface area contributed by atoms with E-state index in [0.29, 0.717) is 28.6 Å². The number of hydrogen-bond acceptors (Lipinski definition) is 7. The van der Waals surface area contributed by atoms with Gasteiger partial charge in [-0.2, -0.15) is 4.31 Å². The number of piperazine rings is 1. The van der Waals surface area contributed by atoms with Gasteiger partial charge in [-0.25, -0.2) is 13.4 Å². The molecule has 1 saturated heterocycles. The van der Waals surface area contributed by atoms with E-state index in [1.807, 2.05) is 36.4 Å². The van der Waals surface area contributed by atoms with E-state index in [-0.39, 0.29) is 30.6 Å². The Labute approximate surface area is 265 Å². The maximum atomic E-state index is 13.9. The SMILES string of the molecule is CN1CCc2nc(C(=O)N3CCN(S(=O)(=O)c4cc5cc(Cl)ccc5[nH]4)CC3CCOc3ccc4ccccc4c3)sc2C1. The van der Waals surface area contributed by atoms with Crippen molar-refractivity contribution in [3.8, 4) is 5.75 Å². The number of thiazole rings is 1. The minimum atomic E-state index is -3.86. The quantitative estimate of drug-likeness (QED) is 0.253. The summed E-state index contributed by atoms with van der Waals surface area (Å²) in [4.78, 5) is 26.8. The number of halogens is 1. The molecule has 2 aliphatic heterocycles. The van der Waals surface area contributed by atoms with Crippen molar-refractivity contribution in [3.05, 3.63) is 87.3 Å². The maximum absolute atomic E-state index is 13.9. The van der Waals surface area contributed by atoms with E-state index < -0.39 is 16.1 Å². The molecule has 1 atom stereocenters. The highest BCUT2D eigenvalue weighted by Crippen LogP contribution is 2.30. The van der Waals surface area contributed by atoms with Crippen LogP contribution in [-0.4, -0.2) is 84.3 Å². The number of carbonyl (C=O) groups excluding carboxylic acids is 1. The second kappa shape index (κ2) is 11.8. The van der Waals surface area contributed by atoms with Gasteiger partial charge in [0.05, 0.1) is 12.3 Å². The molecule has 1 fully saturated rings. The largest absolute Gasteiger partial charge is 0.493 e. The molecule has 5 aromatic rings. The Bertz CT molecular complexity index is 1970. The van der Waals surface area contributed by atoms with Crippen LogP contribution in [-0.2, 0) is 23.0 Å². The fraction of sp³-hybridized carbons (Fsp3) is 0.312. The summed E-state index contributed by atoms with van der Waals surface area (Å²) in [5.74, 6) is 0.579. The van der Waals surface area contributed by atoms with Crippen LogP contribution in [0.1, 0.15) is 26.8 Å². The number of sulfonamides is 1. The summed E-state index contributed by atoms with van der Waals surface area (Å²) < 4.78 is 35.3. The lowest BCUT2D eigenvalue weighted by molar-refractivity contribution is 0.0526. The van der Waals surface area contributed by atoms with E-state index in [1.165, 1.54) is 15.6 Å². The number of nitrogens with zero attached hydrogens (tertiary/aromatic N) is 4. The van der Waals surface area contributed by atoms with Gasteiger partial charge in [-0.15, -0.1) is 11.3 Å². The molecule has 228 valence electrons. The Hall–Kier alpha value is -3.48. The second-order valence-electron chi connectivity index (χ2n) is 11.4. The lowest BCUT2D eigenvalue weighted by atomic mass is 10.1. The van der Waals surface area contributed by atoms with Crippen LogP contribution in [0.2, 0.25) is 5.02 Å². The van der Waals surface area contributed by atoms with Crippen LogP contribution in [0.4, 0.5) is 0 Å². The minimum absolute atomic E-state index is 0.109. The summed E-state index contributed by atoms with van der Waals surface area (Å²) in [6, 6.07) is 20.5. The number of H-pyrrole nitrogens is 1. The number of aromatic amines is 1. The number of fused-ring (bicyclic) bond motifs is 3. The second-order valence-corrected chi connectivity index (χ2v) is 14.8. The van der Waals surface area contributed by atoms with E-state index in [9.17, 15) is 13.2 Å². The number of ether oxygens (including phenoxy) is 1. The summed E-state index contributed by atoms with van der Waals surface area (Å²) in [5, 5.41) is 4.04. The molecule has 0 bridgehead atoms. The van der Waals surface area contributed by atoms with Gasteiger partial charge in [-0.05, 0) is 54.2 Å². The van der Waals surface area contributed by atoms with Gasteiger partial charge in [0.15, 0.2) is 5.01 Å². The lowest BCUT2D eigenvalue weighted by Gasteiger charge is -2.40. The van der Waals surface area contributed by atoms with Crippen molar-refractivity contribution in [2.24, 2.45) is 0 Å². The Morgan fingerprint density at radius 1 is 1.05 bits per heavy atom. The average Bonchev–Trinajstić information content (AvgIpc) is 3.65. The third-order valence-corrected chi connectivity index (χ3v) is 11.5. The van der Waals surface area contributed by atoms with E-state index in [0.717, 1.165) is 52.0 Å². The maximum Gasteiger partial charge on any atom is 0.283 e. The molecule has 3 aromatic carbocycles. The van der Waals surface area contributed by atoms with Crippen molar-refractivity contribution in [2.45, 2.75) is 30.5 Å². The van der Waals surface area contributed by atoms with Gasteiger partial charge >= 0.3 is 0 Å². The van der Waals surface area contributed by atoms with E-state index in [1.54, 1.807) is 29.2 Å². The fourth-order valence-electron chi connectivity index (χ4n) is 6.02. The molecule has 7 rings (SSSR count). The standard InChI is InChI=1S/C32H32ClN5O4S2/c1-36-12-10-28-29(20-36)43-31(35-28)32(39)38-14-13-37(44(40,41)30-18-23-16-24(33)7-9-27(23)34-30)19-25(38)11-15-42-26-8-6-21-4-2-3-5-22(21)17-26/h2-9,16-18,25,34H,10-15,19-20H2,1H3. The molecular weight excluding hydrogens is 618 g/mol. The molecule has 0 spiro atoms. The van der Waals surface area contributed by atoms with Crippen LogP contribution in [0, 0.1) is 0 Å². The summed E-state index contributed by atoms with van der Waals surface area (Å²) >= 11 is 7.59. The molecule has 4 heterocycles. The van der Waals surface area contributed by atoms with Crippen LogP contribution in [0.5, 0.6) is 5.75 Å². The lowest BCUT2D eigenvalue weighted by Crippen LogP contribution is -2.56. The number of rotatable bonds is 7. The number of hydrogen-bond donors (Lipinski definition) is 1. The van der Waals surface area contributed by atoms with Crippen LogP contribution in [0.3, 0.4) is 0 Å². The molecule has 2 aromatic heterocycles. The molecule has 1 N–H and O–H groups in total. The third-order valence-electron chi connectivity index (χ3n) is 8.43. The Morgan fingerprint density at radius 3 is 2.75 bits per heavy atom. The van der Waals surface area contributed by atoms with Crippen molar-refractivity contribution in [2.75, 3.05) is 39.8 Å². The summed E-state index contributed by atoms with van der Waals surface area (Å²) in [6.07, 6.45) is 1.28. The van der Waals surface area contributed by atoms with Crippen LogP contribution in [0.15, 0.2) is 71.8 Å². The van der Waals surface area contributed by atoms with Gasteiger partial charge < -0.3 is 19.5 Å². The molecular formula is C32H32ClN5O4S2. The number of benzene rings is 3. The smallest absolute Gasteiger partial charge is 0.283 e. The molecule has 9 nitrogen and oxygen atoms in total. The molecule has 2 aliphatic rings. The normalized spacial score (nSPS) is 18.1. The van der Waals surface area contributed by atoms with Crippen LogP contribution >= 0.6 is 22.9 Å². The Balaban J connectivity index is 1.13. The first-order valence-electron chi connectivity index (χ1n) is 14.6. The number of nitrogens with one attached hydrogen (secondary N) is 1. The average molecular weight is 650 g/mol. The van der Waals surface area contributed by atoms with Crippen molar-refractivity contribution in [1.29, 1.82) is 0 Å². The predicted molar refractivity (Wildman–Crippen MR) is 173 cm³/mol. The first-order chi connectivity index (χ1) is 21.2. The highest BCUT2D eigenvalue weighted by atomic mass is 35.5. The number of aromatic nitrogens is 2. The molecule has 1 unspecified atom stereocenters. The summed E-state index contributed by atoms with van der Waals surface area (Å²) in [6.45, 7) is 2.61. The van der Waals surface area contributed by atoms with E-state index in [2.05, 4.69) is 23.0 Å². The number of amides is 1. The topological polar surface area (TPSA) is 98.8 Å². The summed E-state index contributed by atoms with van der Waals surface area (Å²) in [5.41, 5.74) is 1.69. The number of likely N-dealkylation sites (N-methyl/N-ethyl adjacent to an activating group) is 1. The van der Waals surface area contributed by atoms with Gasteiger partial charge in [0, 0.05) is 72.4 Å². The van der Waals surface area contributed by atoms with Crippen LogP contribution in [0.25, 0.3) is 21.7 Å². The first-order valence-corrected chi connectivity index (χ1v) is 17.3. The van der Waals surface area contributed by atoms with Gasteiger partial charge in [-0.1, -0.05) is 41.9 Å². The first kappa shape index (κ1) is 29.2. The van der Waals surface area contributed by atoms with Gasteiger partial charge in [0.1, 0.15) is 10.8 Å². The molecule has 44 heavy (non-hydrogen) atoms. The monoisotopic (exact) mass is 649 g/mol. The van der Waals surface area contributed by atoms with Gasteiger partial charge in [0.2, 0.25) is 0 Å². The zero-order valence-electron chi connectivity index (χ0n) is 24.2. The predicted octanol–water partition coefficient (Wildman–Crippen LogP) is 5.40. The number of carbonyl (C=O) groups is 1. The fourth-order valence-corrected chi connectivity index (χ4v) is 8.83. The van der Waals surface area contributed by atoms with E-state index in [4.69, 9.17) is 21.3 Å². The molecule has 0 aliphatic carbocycles. The zero-order valence-corrected chi connectivity index (χ0v) is 26.6. The van der Waals surface area contributed by atoms with Crippen LogP contribution < -0.4 is 4.74 Å². The van der Waals surface area contributed by atoms with Crippen molar-refractivity contribution in [3.63, 3.8) is 0 Å². The van der Waals surface area contributed by atoms with Gasteiger partial charge in [0.25, 0.3) is 15.9 Å². The molecule has 12 heteroatoms. The van der Waals surface area contributed by atoms with Crippen molar-refractivity contribution in [1.82, 2.24) is 24.1 Å². The van der Waals surface area contributed by atoms with E-state index >= 15 is 0 Å². The Morgan fingerprint density at radius 2 is 1.89 bits per heavy atom. The minimum Gasteiger partial charge on any atom is -0.493 e. The molecule has 0 saturated carbocycles. The highest BCUT2D eigenvalue weighted by Gasteiger charge is 2.38. The molecule has 1 amide bonds. The highest BCUT2D eigenvalue weighted by molar-refractivity contribution is 7.89. The van der Waals surface area contributed by atoms with Crippen molar-refractivity contribution >= 4 is 60.5 Å². The van der Waals surface area contributed by atoms with Crippen molar-refractivity contribution < 1.29 is 17.9 Å². The zero-order chi connectivity index (χ0) is 30.4. The van der Waals surface area contributed by atoms with Gasteiger partial charge in [-0.3, -0.25) is 4.79 Å². The third kappa shape index (κ3) is 5.70. The molecule has 0 radical (unpaired) electrons. The summed E-state index contributed by atoms with van der Waals surface area (Å²) in [7, 11) is -1.79. The Kier molecular flexibility index (Phi) is 7.84.